The molecule has 6 heteroatoms. The number of rotatable bonds is 4. The summed E-state index contributed by atoms with van der Waals surface area (Å²) < 4.78 is 19.8. The number of nitrogens with two attached hydrogens (primary N) is 1. The molecule has 1 fully saturated rings. The molecule has 1 saturated carbocycles. The summed E-state index contributed by atoms with van der Waals surface area (Å²) in [6, 6.07) is 4.88. The number of anilines is 1. The van der Waals surface area contributed by atoms with Gasteiger partial charge < -0.3 is 15.8 Å². The molecule has 0 amide bonds. The summed E-state index contributed by atoms with van der Waals surface area (Å²) in [7, 11) is 0. The van der Waals surface area contributed by atoms with E-state index in [0.717, 1.165) is 6.42 Å². The number of hydrogen-bond donors (Lipinski definition) is 2. The quantitative estimate of drug-likeness (QED) is 0.890. The highest BCUT2D eigenvalue weighted by molar-refractivity contribution is 9.10. The van der Waals surface area contributed by atoms with Crippen molar-refractivity contribution in [1.29, 1.82) is 5.26 Å². The van der Waals surface area contributed by atoms with E-state index in [9.17, 15) is 4.39 Å². The van der Waals surface area contributed by atoms with Crippen LogP contribution in [0.25, 0.3) is 0 Å². The van der Waals surface area contributed by atoms with Crippen LogP contribution in [0, 0.1) is 17.1 Å². The van der Waals surface area contributed by atoms with Crippen molar-refractivity contribution in [1.82, 2.24) is 0 Å². The highest BCUT2D eigenvalue weighted by atomic mass is 79.9. The van der Waals surface area contributed by atoms with E-state index in [1.54, 1.807) is 12.1 Å². The Bertz CT molecular complexity index is 515. The summed E-state index contributed by atoms with van der Waals surface area (Å²) in [5.74, 6) is -0.478. The van der Waals surface area contributed by atoms with Crippen LogP contribution in [-0.4, -0.2) is 24.8 Å². The Morgan fingerprint density at radius 2 is 2.37 bits per heavy atom. The summed E-state index contributed by atoms with van der Waals surface area (Å²) in [6.07, 6.45) is 0.777. The maximum Gasteiger partial charge on any atom is 0.161 e. The maximum atomic E-state index is 14.1. The second-order valence-corrected chi connectivity index (χ2v) is 5.26. The van der Waals surface area contributed by atoms with Crippen LogP contribution in [0.1, 0.15) is 18.9 Å². The average Bonchev–Trinajstić information content (AvgIpc) is 2.40. The lowest BCUT2D eigenvalue weighted by Gasteiger charge is -2.43. The summed E-state index contributed by atoms with van der Waals surface area (Å²) in [4.78, 5) is 0. The van der Waals surface area contributed by atoms with Crippen molar-refractivity contribution in [3.05, 3.63) is 28.0 Å². The van der Waals surface area contributed by atoms with Crippen LogP contribution >= 0.6 is 15.9 Å². The fourth-order valence-corrected chi connectivity index (χ4v) is 2.59. The van der Waals surface area contributed by atoms with Gasteiger partial charge in [-0.15, -0.1) is 0 Å². The molecule has 3 N–H and O–H groups in total. The van der Waals surface area contributed by atoms with E-state index in [1.807, 2.05) is 13.0 Å². The number of nitrogens with one attached hydrogen (secondary N) is 1. The molecule has 1 aliphatic rings. The third kappa shape index (κ3) is 2.73. The Labute approximate surface area is 119 Å². The van der Waals surface area contributed by atoms with Gasteiger partial charge in [-0.3, -0.25) is 0 Å². The van der Waals surface area contributed by atoms with E-state index < -0.39 is 5.82 Å². The smallest absolute Gasteiger partial charge is 0.161 e. The lowest BCUT2D eigenvalue weighted by Crippen LogP contribution is -2.60. The molecule has 0 aliphatic heterocycles. The summed E-state index contributed by atoms with van der Waals surface area (Å²) in [5, 5.41) is 11.9. The van der Waals surface area contributed by atoms with Gasteiger partial charge in [0.25, 0.3) is 0 Å². The number of nitriles is 1. The molecule has 4 nitrogen and oxygen atoms in total. The number of halogens is 2. The van der Waals surface area contributed by atoms with Crippen molar-refractivity contribution < 1.29 is 9.13 Å². The molecule has 0 bridgehead atoms. The van der Waals surface area contributed by atoms with Gasteiger partial charge in [-0.05, 0) is 41.4 Å². The molecule has 102 valence electrons. The van der Waals surface area contributed by atoms with Crippen LogP contribution < -0.4 is 11.1 Å². The van der Waals surface area contributed by atoms with E-state index in [2.05, 4.69) is 21.2 Å². The van der Waals surface area contributed by atoms with Gasteiger partial charge in [0, 0.05) is 12.6 Å². The first kappa shape index (κ1) is 14.3. The summed E-state index contributed by atoms with van der Waals surface area (Å²) in [6.45, 7) is 2.52. The second kappa shape index (κ2) is 5.87. The van der Waals surface area contributed by atoms with Crippen molar-refractivity contribution in [2.45, 2.75) is 31.5 Å². The van der Waals surface area contributed by atoms with Gasteiger partial charge in [0.2, 0.25) is 0 Å². The predicted octanol–water partition coefficient (Wildman–Crippen LogP) is 2.38. The second-order valence-electron chi connectivity index (χ2n) is 4.46. The Balaban J connectivity index is 2.16. The van der Waals surface area contributed by atoms with Crippen molar-refractivity contribution in [2.75, 3.05) is 11.9 Å². The van der Waals surface area contributed by atoms with Crippen LogP contribution in [-0.2, 0) is 4.74 Å². The van der Waals surface area contributed by atoms with Gasteiger partial charge in [0.05, 0.1) is 27.9 Å². The molecule has 1 aromatic carbocycles. The Morgan fingerprint density at radius 3 is 2.95 bits per heavy atom. The number of benzene rings is 1. The van der Waals surface area contributed by atoms with Crippen LogP contribution in [0.15, 0.2) is 16.6 Å². The van der Waals surface area contributed by atoms with Gasteiger partial charge >= 0.3 is 0 Å². The standard InChI is InChI=1S/C13H15BrFN3O/c1-2-19-10-5-8(17)13(10)18-9-4-3-7(6-16)11(14)12(9)15/h3-4,8,10,13,18H,2,5,17H2,1H3. The van der Waals surface area contributed by atoms with Crippen molar-refractivity contribution in [3.8, 4) is 6.07 Å². The molecule has 0 aromatic heterocycles. The molecule has 3 unspecified atom stereocenters. The third-order valence-electron chi connectivity index (χ3n) is 3.27. The van der Waals surface area contributed by atoms with Gasteiger partial charge in [0.1, 0.15) is 6.07 Å². The van der Waals surface area contributed by atoms with Gasteiger partial charge in [-0.1, -0.05) is 0 Å². The van der Waals surface area contributed by atoms with Crippen molar-refractivity contribution in [3.63, 3.8) is 0 Å². The molecule has 0 heterocycles. The van der Waals surface area contributed by atoms with Gasteiger partial charge in [-0.25, -0.2) is 4.39 Å². The number of ether oxygens (including phenoxy) is 1. The van der Waals surface area contributed by atoms with E-state index in [1.165, 1.54) is 0 Å². The largest absolute Gasteiger partial charge is 0.376 e. The molecule has 2 rings (SSSR count). The molecule has 0 radical (unpaired) electrons. The van der Waals surface area contributed by atoms with E-state index in [4.69, 9.17) is 15.7 Å². The van der Waals surface area contributed by atoms with Crippen LogP contribution in [0.2, 0.25) is 0 Å². The fraction of sp³-hybridized carbons (Fsp3) is 0.462. The minimum atomic E-state index is -0.478. The Kier molecular flexibility index (Phi) is 4.40. The molecule has 1 aliphatic carbocycles. The van der Waals surface area contributed by atoms with E-state index >= 15 is 0 Å². The van der Waals surface area contributed by atoms with Gasteiger partial charge in [0.15, 0.2) is 5.82 Å². The zero-order valence-electron chi connectivity index (χ0n) is 10.5. The highest BCUT2D eigenvalue weighted by Crippen LogP contribution is 2.31. The Morgan fingerprint density at radius 1 is 1.63 bits per heavy atom. The third-order valence-corrected chi connectivity index (χ3v) is 4.05. The highest BCUT2D eigenvalue weighted by Gasteiger charge is 2.39. The zero-order valence-corrected chi connectivity index (χ0v) is 12.1. The average molecular weight is 328 g/mol. The topological polar surface area (TPSA) is 71.1 Å². The van der Waals surface area contributed by atoms with E-state index in [-0.39, 0.29) is 28.2 Å². The molecule has 19 heavy (non-hydrogen) atoms. The molecule has 3 atom stereocenters. The zero-order chi connectivity index (χ0) is 14.0. The lowest BCUT2D eigenvalue weighted by molar-refractivity contribution is -0.0127. The van der Waals surface area contributed by atoms with Crippen molar-refractivity contribution >= 4 is 21.6 Å². The molecule has 1 aromatic rings. The van der Waals surface area contributed by atoms with Crippen LogP contribution in [0.3, 0.4) is 0 Å². The van der Waals surface area contributed by atoms with Crippen LogP contribution in [0.5, 0.6) is 0 Å². The lowest BCUT2D eigenvalue weighted by atomic mass is 9.83. The fourth-order valence-electron chi connectivity index (χ4n) is 2.15. The SMILES string of the molecule is CCOC1CC(N)C1Nc1ccc(C#N)c(Br)c1F. The predicted molar refractivity (Wildman–Crippen MR) is 74.2 cm³/mol. The minimum absolute atomic E-state index is 0.00817. The first-order valence-electron chi connectivity index (χ1n) is 6.10. The van der Waals surface area contributed by atoms with Crippen LogP contribution in [0.4, 0.5) is 10.1 Å². The summed E-state index contributed by atoms with van der Waals surface area (Å²) >= 11 is 3.08. The van der Waals surface area contributed by atoms with E-state index in [0.29, 0.717) is 12.3 Å². The number of nitrogens with zero attached hydrogens (tertiary/aromatic N) is 1. The van der Waals surface area contributed by atoms with Gasteiger partial charge in [-0.2, -0.15) is 5.26 Å². The number of hydrogen-bond acceptors (Lipinski definition) is 4. The molecular formula is C13H15BrFN3O. The normalized spacial score (nSPS) is 25.5. The monoisotopic (exact) mass is 327 g/mol. The molecular weight excluding hydrogens is 313 g/mol. The van der Waals surface area contributed by atoms with Crippen molar-refractivity contribution in [2.24, 2.45) is 5.73 Å². The minimum Gasteiger partial charge on any atom is -0.376 e. The molecule has 0 saturated heterocycles. The Hall–Kier alpha value is -1.16. The first-order chi connectivity index (χ1) is 9.08. The first-order valence-corrected chi connectivity index (χ1v) is 6.89. The maximum absolute atomic E-state index is 14.1. The summed E-state index contributed by atoms with van der Waals surface area (Å²) in [5.41, 5.74) is 6.50. The molecule has 0 spiro atoms.